The molecule has 0 saturated heterocycles. The Hall–Kier alpha value is -1.07. The van der Waals surface area contributed by atoms with E-state index in [0.29, 0.717) is 18.4 Å². The summed E-state index contributed by atoms with van der Waals surface area (Å²) >= 11 is 0. The Labute approximate surface area is 104 Å². The second kappa shape index (κ2) is 3.96. The molecule has 0 radical (unpaired) electrons. The van der Waals surface area contributed by atoms with Gasteiger partial charge >= 0.3 is 6.18 Å². The van der Waals surface area contributed by atoms with Gasteiger partial charge in [-0.1, -0.05) is 18.2 Å². The summed E-state index contributed by atoms with van der Waals surface area (Å²) in [5.74, 6) is 0. The molecule has 0 heterocycles. The van der Waals surface area contributed by atoms with Gasteiger partial charge in [-0.05, 0) is 31.4 Å². The molecule has 5 heteroatoms. The summed E-state index contributed by atoms with van der Waals surface area (Å²) in [5, 5.41) is 9.79. The first-order valence-electron chi connectivity index (χ1n) is 5.79. The SMILES string of the molecule is CC1(O)CC(CN)(c2cccc(C(F)(F)F)c2)C1. The number of alkyl halides is 3. The van der Waals surface area contributed by atoms with E-state index in [1.54, 1.807) is 13.0 Å². The third kappa shape index (κ3) is 2.24. The van der Waals surface area contributed by atoms with Gasteiger partial charge < -0.3 is 10.8 Å². The minimum atomic E-state index is -4.35. The fraction of sp³-hybridized carbons (Fsp3) is 0.538. The number of aliphatic hydroxyl groups is 1. The number of nitrogens with two attached hydrogens (primary N) is 1. The normalized spacial score (nSPS) is 32.1. The van der Waals surface area contributed by atoms with E-state index in [-0.39, 0.29) is 6.54 Å². The van der Waals surface area contributed by atoms with Gasteiger partial charge in [-0.2, -0.15) is 13.2 Å². The van der Waals surface area contributed by atoms with Crippen LogP contribution in [0.5, 0.6) is 0 Å². The molecule has 1 aliphatic carbocycles. The molecule has 0 bridgehead atoms. The Kier molecular flexibility index (Phi) is 2.94. The van der Waals surface area contributed by atoms with Crippen LogP contribution in [0.3, 0.4) is 0 Å². The number of rotatable bonds is 2. The molecule has 1 saturated carbocycles. The zero-order valence-electron chi connectivity index (χ0n) is 10.1. The van der Waals surface area contributed by atoms with Crippen LogP contribution in [0, 0.1) is 0 Å². The highest BCUT2D eigenvalue weighted by Crippen LogP contribution is 2.50. The highest BCUT2D eigenvalue weighted by atomic mass is 19.4. The van der Waals surface area contributed by atoms with Gasteiger partial charge in [0.15, 0.2) is 0 Å². The van der Waals surface area contributed by atoms with E-state index >= 15 is 0 Å². The lowest BCUT2D eigenvalue weighted by atomic mass is 9.56. The summed E-state index contributed by atoms with van der Waals surface area (Å²) in [6.45, 7) is 1.92. The van der Waals surface area contributed by atoms with Gasteiger partial charge in [0.1, 0.15) is 0 Å². The Morgan fingerprint density at radius 3 is 2.39 bits per heavy atom. The monoisotopic (exact) mass is 259 g/mol. The van der Waals surface area contributed by atoms with Crippen LogP contribution in [-0.2, 0) is 11.6 Å². The van der Waals surface area contributed by atoms with Gasteiger partial charge in [0.2, 0.25) is 0 Å². The van der Waals surface area contributed by atoms with E-state index < -0.39 is 22.8 Å². The predicted octanol–water partition coefficient (Wildman–Crippen LogP) is 2.45. The molecule has 1 aromatic rings. The maximum atomic E-state index is 12.7. The highest BCUT2D eigenvalue weighted by molar-refractivity contribution is 5.36. The van der Waals surface area contributed by atoms with Crippen molar-refractivity contribution in [3.63, 3.8) is 0 Å². The fourth-order valence-electron chi connectivity index (χ4n) is 2.90. The fourth-order valence-corrected chi connectivity index (χ4v) is 2.90. The van der Waals surface area contributed by atoms with Gasteiger partial charge in [0.05, 0.1) is 11.2 Å². The summed E-state index contributed by atoms with van der Waals surface area (Å²) in [6.07, 6.45) is -3.55. The van der Waals surface area contributed by atoms with E-state index in [2.05, 4.69) is 0 Å². The van der Waals surface area contributed by atoms with Crippen molar-refractivity contribution in [2.75, 3.05) is 6.54 Å². The van der Waals surface area contributed by atoms with Gasteiger partial charge in [-0.15, -0.1) is 0 Å². The minimum Gasteiger partial charge on any atom is -0.390 e. The van der Waals surface area contributed by atoms with Crippen molar-refractivity contribution in [2.45, 2.75) is 37.0 Å². The zero-order chi connectivity index (χ0) is 13.6. The van der Waals surface area contributed by atoms with Crippen LogP contribution in [-0.4, -0.2) is 17.3 Å². The third-order valence-electron chi connectivity index (χ3n) is 3.63. The van der Waals surface area contributed by atoms with Crippen LogP contribution < -0.4 is 5.73 Å². The van der Waals surface area contributed by atoms with Gasteiger partial charge in [-0.25, -0.2) is 0 Å². The number of hydrogen-bond acceptors (Lipinski definition) is 2. The Morgan fingerprint density at radius 1 is 1.33 bits per heavy atom. The molecule has 3 N–H and O–H groups in total. The summed E-state index contributed by atoms with van der Waals surface area (Å²) in [6, 6.07) is 5.23. The van der Waals surface area contributed by atoms with Crippen molar-refractivity contribution < 1.29 is 18.3 Å². The van der Waals surface area contributed by atoms with Crippen molar-refractivity contribution >= 4 is 0 Å². The first kappa shape index (κ1) is 13.4. The number of benzene rings is 1. The quantitative estimate of drug-likeness (QED) is 0.857. The maximum Gasteiger partial charge on any atom is 0.416 e. The summed E-state index contributed by atoms with van der Waals surface area (Å²) in [4.78, 5) is 0. The molecule has 18 heavy (non-hydrogen) atoms. The molecular weight excluding hydrogens is 243 g/mol. The Morgan fingerprint density at radius 2 is 1.94 bits per heavy atom. The Balaban J connectivity index is 2.34. The van der Waals surface area contributed by atoms with E-state index in [1.165, 1.54) is 6.07 Å². The minimum absolute atomic E-state index is 0.241. The van der Waals surface area contributed by atoms with Crippen molar-refractivity contribution in [1.82, 2.24) is 0 Å². The molecular formula is C13H16F3NO. The lowest BCUT2D eigenvalue weighted by Gasteiger charge is -2.52. The van der Waals surface area contributed by atoms with E-state index in [9.17, 15) is 18.3 Å². The average molecular weight is 259 g/mol. The molecule has 0 atom stereocenters. The molecule has 0 aromatic heterocycles. The second-order valence-corrected chi connectivity index (χ2v) is 5.41. The van der Waals surface area contributed by atoms with Crippen molar-refractivity contribution in [2.24, 2.45) is 5.73 Å². The molecule has 2 rings (SSSR count). The highest BCUT2D eigenvalue weighted by Gasteiger charge is 2.51. The molecule has 0 unspecified atom stereocenters. The average Bonchev–Trinajstić information content (AvgIpc) is 2.24. The molecule has 2 nitrogen and oxygen atoms in total. The molecule has 0 spiro atoms. The lowest BCUT2D eigenvalue weighted by molar-refractivity contribution is -0.137. The predicted molar refractivity (Wildman–Crippen MR) is 62.0 cm³/mol. The van der Waals surface area contributed by atoms with Crippen LogP contribution >= 0.6 is 0 Å². The van der Waals surface area contributed by atoms with Crippen molar-refractivity contribution in [3.05, 3.63) is 35.4 Å². The molecule has 0 aliphatic heterocycles. The maximum absolute atomic E-state index is 12.7. The molecule has 1 aliphatic rings. The van der Waals surface area contributed by atoms with Gasteiger partial charge in [0, 0.05) is 12.0 Å². The summed E-state index contributed by atoms with van der Waals surface area (Å²) in [7, 11) is 0. The van der Waals surface area contributed by atoms with Crippen LogP contribution in [0.2, 0.25) is 0 Å². The standard InChI is InChI=1S/C13H16F3NO/c1-11(18)6-12(7-11,8-17)9-3-2-4-10(5-9)13(14,15)16/h2-5,18H,6-8,17H2,1H3. The third-order valence-corrected chi connectivity index (χ3v) is 3.63. The van der Waals surface area contributed by atoms with E-state index in [0.717, 1.165) is 12.1 Å². The Bertz CT molecular complexity index is 446. The van der Waals surface area contributed by atoms with E-state index in [4.69, 9.17) is 5.73 Å². The van der Waals surface area contributed by atoms with Crippen LogP contribution in [0.25, 0.3) is 0 Å². The molecule has 1 aromatic carbocycles. The topological polar surface area (TPSA) is 46.2 Å². The van der Waals surface area contributed by atoms with Gasteiger partial charge in [-0.3, -0.25) is 0 Å². The molecule has 100 valence electrons. The first-order chi connectivity index (χ1) is 8.19. The zero-order valence-corrected chi connectivity index (χ0v) is 10.1. The van der Waals surface area contributed by atoms with E-state index in [1.807, 2.05) is 0 Å². The largest absolute Gasteiger partial charge is 0.416 e. The van der Waals surface area contributed by atoms with Crippen LogP contribution in [0.4, 0.5) is 13.2 Å². The molecule has 1 fully saturated rings. The van der Waals surface area contributed by atoms with Gasteiger partial charge in [0.25, 0.3) is 0 Å². The second-order valence-electron chi connectivity index (χ2n) is 5.41. The lowest BCUT2D eigenvalue weighted by Crippen LogP contribution is -2.56. The van der Waals surface area contributed by atoms with Crippen molar-refractivity contribution in [1.29, 1.82) is 0 Å². The smallest absolute Gasteiger partial charge is 0.390 e. The van der Waals surface area contributed by atoms with Crippen LogP contribution in [0.1, 0.15) is 30.9 Å². The first-order valence-corrected chi connectivity index (χ1v) is 5.79. The summed E-state index contributed by atoms with van der Waals surface area (Å²) < 4.78 is 38.0. The number of hydrogen-bond donors (Lipinski definition) is 2. The van der Waals surface area contributed by atoms with Crippen molar-refractivity contribution in [3.8, 4) is 0 Å². The summed E-state index contributed by atoms with van der Waals surface area (Å²) in [5.41, 5.74) is 4.23. The molecule has 0 amide bonds. The van der Waals surface area contributed by atoms with Crippen LogP contribution in [0.15, 0.2) is 24.3 Å². The number of halogens is 3.